The molecule has 0 heterocycles. The summed E-state index contributed by atoms with van der Waals surface area (Å²) in [6.07, 6.45) is 5.95. The van der Waals surface area contributed by atoms with E-state index in [2.05, 4.69) is 11.9 Å². The molecule has 4 nitrogen and oxygen atoms in total. The molecule has 96 valence electrons. The molecule has 1 aliphatic rings. The van der Waals surface area contributed by atoms with Crippen molar-refractivity contribution in [3.05, 3.63) is 12.7 Å². The summed E-state index contributed by atoms with van der Waals surface area (Å²) in [5, 5.41) is 2.86. The first kappa shape index (κ1) is 13.7. The molecule has 0 aromatic carbocycles. The maximum atomic E-state index is 11.8. The molecule has 0 unspecified atom stereocenters. The van der Waals surface area contributed by atoms with Crippen LogP contribution in [-0.4, -0.2) is 24.5 Å². The number of hydrogen-bond donors (Lipinski definition) is 1. The number of carbonyl (C=O) groups is 2. The van der Waals surface area contributed by atoms with Gasteiger partial charge in [-0.05, 0) is 19.8 Å². The van der Waals surface area contributed by atoms with E-state index in [0.29, 0.717) is 0 Å². The highest BCUT2D eigenvalue weighted by molar-refractivity contribution is 5.80. The van der Waals surface area contributed by atoms with Gasteiger partial charge in [-0.25, -0.2) is 0 Å². The van der Waals surface area contributed by atoms with Gasteiger partial charge in [0, 0.05) is 12.0 Å². The standard InChI is InChI=1S/C13H21NO3/c1-3-8-17-12(15)9-10(2)14-13(16)11-6-4-5-7-11/h3,10-11H,1,4-9H2,2H3,(H,14,16)/t10-/m0/s1. The van der Waals surface area contributed by atoms with Crippen LogP contribution in [0.2, 0.25) is 0 Å². The Bertz CT molecular complexity index is 282. The molecule has 0 aromatic rings. The molecule has 17 heavy (non-hydrogen) atoms. The summed E-state index contributed by atoms with van der Waals surface area (Å²) in [7, 11) is 0. The zero-order valence-electron chi connectivity index (χ0n) is 10.4. The number of esters is 1. The van der Waals surface area contributed by atoms with Crippen molar-refractivity contribution < 1.29 is 14.3 Å². The first-order valence-electron chi connectivity index (χ1n) is 6.20. The molecule has 1 amide bonds. The molecule has 0 aromatic heterocycles. The predicted molar refractivity (Wildman–Crippen MR) is 65.3 cm³/mol. The van der Waals surface area contributed by atoms with Crippen LogP contribution in [-0.2, 0) is 14.3 Å². The van der Waals surface area contributed by atoms with Gasteiger partial charge in [0.05, 0.1) is 6.42 Å². The molecule has 0 aliphatic heterocycles. The second kappa shape index (κ2) is 7.09. The maximum absolute atomic E-state index is 11.8. The fourth-order valence-electron chi connectivity index (χ4n) is 2.06. The van der Waals surface area contributed by atoms with E-state index in [1.165, 1.54) is 6.08 Å². The second-order valence-corrected chi connectivity index (χ2v) is 4.57. The Kier molecular flexibility index (Phi) is 5.73. The van der Waals surface area contributed by atoms with E-state index >= 15 is 0 Å². The number of rotatable bonds is 6. The maximum Gasteiger partial charge on any atom is 0.308 e. The molecule has 1 saturated carbocycles. The molecule has 0 spiro atoms. The number of nitrogens with one attached hydrogen (secondary N) is 1. The molecule has 1 N–H and O–H groups in total. The van der Waals surface area contributed by atoms with Crippen molar-refractivity contribution in [1.29, 1.82) is 0 Å². The monoisotopic (exact) mass is 239 g/mol. The Hall–Kier alpha value is -1.32. The Labute approximate surface area is 102 Å². The topological polar surface area (TPSA) is 55.4 Å². The minimum atomic E-state index is -0.302. The number of carbonyl (C=O) groups excluding carboxylic acids is 2. The zero-order valence-corrected chi connectivity index (χ0v) is 10.4. The Morgan fingerprint density at radius 2 is 2.12 bits per heavy atom. The van der Waals surface area contributed by atoms with Crippen molar-refractivity contribution in [1.82, 2.24) is 5.32 Å². The van der Waals surface area contributed by atoms with Gasteiger partial charge in [-0.3, -0.25) is 9.59 Å². The van der Waals surface area contributed by atoms with E-state index in [0.717, 1.165) is 25.7 Å². The van der Waals surface area contributed by atoms with Crippen molar-refractivity contribution in [2.24, 2.45) is 5.92 Å². The Morgan fingerprint density at radius 3 is 2.71 bits per heavy atom. The Morgan fingerprint density at radius 1 is 1.47 bits per heavy atom. The van der Waals surface area contributed by atoms with Crippen LogP contribution in [0.1, 0.15) is 39.0 Å². The summed E-state index contributed by atoms with van der Waals surface area (Å²) in [5.41, 5.74) is 0. The minimum absolute atomic E-state index is 0.0755. The molecule has 1 atom stereocenters. The molecule has 0 bridgehead atoms. The lowest BCUT2D eigenvalue weighted by atomic mass is 10.1. The average Bonchev–Trinajstić information content (AvgIpc) is 2.79. The number of amides is 1. The number of hydrogen-bond acceptors (Lipinski definition) is 3. The summed E-state index contributed by atoms with van der Waals surface area (Å²) >= 11 is 0. The molecular weight excluding hydrogens is 218 g/mol. The summed E-state index contributed by atoms with van der Waals surface area (Å²) in [6.45, 7) is 5.51. The lowest BCUT2D eigenvalue weighted by molar-refractivity contribution is -0.143. The predicted octanol–water partition coefficient (Wildman–Crippen LogP) is 1.80. The largest absolute Gasteiger partial charge is 0.461 e. The second-order valence-electron chi connectivity index (χ2n) is 4.57. The normalized spacial score (nSPS) is 17.5. The van der Waals surface area contributed by atoms with Crippen LogP contribution in [0.15, 0.2) is 12.7 Å². The highest BCUT2D eigenvalue weighted by Gasteiger charge is 2.24. The average molecular weight is 239 g/mol. The van der Waals surface area contributed by atoms with Gasteiger partial charge in [0.25, 0.3) is 0 Å². The third-order valence-electron chi connectivity index (χ3n) is 2.95. The van der Waals surface area contributed by atoms with Gasteiger partial charge in [0.2, 0.25) is 5.91 Å². The van der Waals surface area contributed by atoms with Gasteiger partial charge in [0.1, 0.15) is 6.61 Å². The van der Waals surface area contributed by atoms with Crippen molar-refractivity contribution in [2.45, 2.75) is 45.1 Å². The fraction of sp³-hybridized carbons (Fsp3) is 0.692. The molecule has 1 aliphatic carbocycles. The van der Waals surface area contributed by atoms with Gasteiger partial charge >= 0.3 is 5.97 Å². The fourth-order valence-corrected chi connectivity index (χ4v) is 2.06. The van der Waals surface area contributed by atoms with E-state index < -0.39 is 0 Å². The summed E-state index contributed by atoms with van der Waals surface area (Å²) in [4.78, 5) is 23.1. The highest BCUT2D eigenvalue weighted by atomic mass is 16.5. The van der Waals surface area contributed by atoms with Gasteiger partial charge in [0.15, 0.2) is 0 Å². The van der Waals surface area contributed by atoms with Crippen LogP contribution in [0, 0.1) is 5.92 Å². The van der Waals surface area contributed by atoms with Crippen molar-refractivity contribution in [3.8, 4) is 0 Å². The lowest BCUT2D eigenvalue weighted by Crippen LogP contribution is -2.37. The van der Waals surface area contributed by atoms with Crippen LogP contribution in [0.3, 0.4) is 0 Å². The minimum Gasteiger partial charge on any atom is -0.461 e. The third kappa shape index (κ3) is 5.02. The van der Waals surface area contributed by atoms with Crippen molar-refractivity contribution in [2.75, 3.05) is 6.61 Å². The molecule has 0 radical (unpaired) electrons. The van der Waals surface area contributed by atoms with Crippen LogP contribution >= 0.6 is 0 Å². The van der Waals surface area contributed by atoms with Crippen LogP contribution < -0.4 is 5.32 Å². The van der Waals surface area contributed by atoms with E-state index in [-0.39, 0.29) is 36.9 Å². The molecule has 1 rings (SSSR count). The van der Waals surface area contributed by atoms with Gasteiger partial charge in [-0.15, -0.1) is 0 Å². The van der Waals surface area contributed by atoms with Crippen molar-refractivity contribution in [3.63, 3.8) is 0 Å². The van der Waals surface area contributed by atoms with E-state index in [4.69, 9.17) is 4.74 Å². The third-order valence-corrected chi connectivity index (χ3v) is 2.95. The van der Waals surface area contributed by atoms with E-state index in [1.54, 1.807) is 0 Å². The molecule has 4 heteroatoms. The van der Waals surface area contributed by atoms with Gasteiger partial charge < -0.3 is 10.1 Å². The first-order valence-corrected chi connectivity index (χ1v) is 6.20. The van der Waals surface area contributed by atoms with Crippen LogP contribution in [0.4, 0.5) is 0 Å². The highest BCUT2D eigenvalue weighted by Crippen LogP contribution is 2.24. The first-order chi connectivity index (χ1) is 8.13. The lowest BCUT2D eigenvalue weighted by Gasteiger charge is -2.16. The SMILES string of the molecule is C=CCOC(=O)C[C@H](C)NC(=O)C1CCCC1. The quantitative estimate of drug-likeness (QED) is 0.568. The van der Waals surface area contributed by atoms with Crippen LogP contribution in [0.25, 0.3) is 0 Å². The summed E-state index contributed by atoms with van der Waals surface area (Å²) in [5.74, 6) is -0.0858. The van der Waals surface area contributed by atoms with Gasteiger partial charge in [-0.1, -0.05) is 25.5 Å². The number of ether oxygens (including phenoxy) is 1. The van der Waals surface area contributed by atoms with Crippen LogP contribution in [0.5, 0.6) is 0 Å². The molecule has 0 saturated heterocycles. The summed E-state index contributed by atoms with van der Waals surface area (Å²) in [6, 6.07) is -0.166. The zero-order chi connectivity index (χ0) is 12.7. The van der Waals surface area contributed by atoms with E-state index in [9.17, 15) is 9.59 Å². The smallest absolute Gasteiger partial charge is 0.308 e. The Balaban J connectivity index is 2.23. The van der Waals surface area contributed by atoms with Gasteiger partial charge in [-0.2, -0.15) is 0 Å². The molecule has 1 fully saturated rings. The molecular formula is C13H21NO3. The van der Waals surface area contributed by atoms with Crippen molar-refractivity contribution >= 4 is 11.9 Å². The van der Waals surface area contributed by atoms with E-state index in [1.807, 2.05) is 6.92 Å². The summed E-state index contributed by atoms with van der Waals surface area (Å²) < 4.78 is 4.86.